The Kier molecular flexibility index (Phi) is 4.77. The standard InChI is InChI=1S/C20H20O4S/c1-14(12-15-5-7-17(8-6-15)20(21)22)18-10-9-16-4-2-3-11-25(23,24)19(16)13-18/h5-10,12-13H,2-4,11H2,1H3,(H,21,22)/b14-12+. The predicted octanol–water partition coefficient (Wildman–Crippen LogP) is 4.06. The van der Waals surface area contributed by atoms with Crippen LogP contribution < -0.4 is 0 Å². The Hall–Kier alpha value is -2.40. The van der Waals surface area contributed by atoms with Gasteiger partial charge in [0.05, 0.1) is 16.2 Å². The summed E-state index contributed by atoms with van der Waals surface area (Å²) in [5, 5.41) is 8.95. The number of carboxylic acid groups (broad SMARTS) is 1. The van der Waals surface area contributed by atoms with E-state index in [0.29, 0.717) is 11.3 Å². The molecule has 1 aliphatic heterocycles. The number of benzene rings is 2. The molecule has 0 amide bonds. The second kappa shape index (κ2) is 6.84. The van der Waals surface area contributed by atoms with E-state index in [-0.39, 0.29) is 11.3 Å². The average molecular weight is 356 g/mol. The summed E-state index contributed by atoms with van der Waals surface area (Å²) in [6.07, 6.45) is 4.33. The first kappa shape index (κ1) is 17.4. The highest BCUT2D eigenvalue weighted by Gasteiger charge is 2.22. The molecule has 3 rings (SSSR count). The molecule has 25 heavy (non-hydrogen) atoms. The average Bonchev–Trinajstić information content (AvgIpc) is 2.73. The molecule has 130 valence electrons. The normalized spacial score (nSPS) is 16.8. The lowest BCUT2D eigenvalue weighted by molar-refractivity contribution is 0.0697. The van der Waals surface area contributed by atoms with Crippen LogP contribution in [0, 0.1) is 0 Å². The number of hydrogen-bond donors (Lipinski definition) is 1. The molecular formula is C20H20O4S. The Bertz CT molecular complexity index is 938. The molecule has 0 radical (unpaired) electrons. The van der Waals surface area contributed by atoms with Crippen molar-refractivity contribution in [1.29, 1.82) is 0 Å². The van der Waals surface area contributed by atoms with Crippen molar-refractivity contribution in [2.75, 3.05) is 5.75 Å². The van der Waals surface area contributed by atoms with Gasteiger partial charge in [-0.2, -0.15) is 0 Å². The Balaban J connectivity index is 1.96. The van der Waals surface area contributed by atoms with E-state index in [1.54, 1.807) is 30.3 Å². The molecule has 4 nitrogen and oxygen atoms in total. The first-order chi connectivity index (χ1) is 11.9. The maximum atomic E-state index is 12.5. The second-order valence-corrected chi connectivity index (χ2v) is 8.43. The monoisotopic (exact) mass is 356 g/mol. The zero-order valence-electron chi connectivity index (χ0n) is 14.0. The fourth-order valence-electron chi connectivity index (χ4n) is 3.07. The molecule has 0 aliphatic carbocycles. The number of hydrogen-bond acceptors (Lipinski definition) is 3. The maximum Gasteiger partial charge on any atom is 0.335 e. The molecule has 2 aromatic carbocycles. The number of carbonyl (C=O) groups is 1. The zero-order valence-corrected chi connectivity index (χ0v) is 14.8. The Morgan fingerprint density at radius 1 is 1.04 bits per heavy atom. The van der Waals surface area contributed by atoms with Gasteiger partial charge in [0.15, 0.2) is 9.84 Å². The van der Waals surface area contributed by atoms with Gasteiger partial charge in [0.2, 0.25) is 0 Å². The number of rotatable bonds is 3. The zero-order chi connectivity index (χ0) is 18.0. The summed E-state index contributed by atoms with van der Waals surface area (Å²) in [5.41, 5.74) is 3.82. The number of aromatic carboxylic acids is 1. The van der Waals surface area contributed by atoms with Crippen LogP contribution in [-0.4, -0.2) is 25.2 Å². The maximum absolute atomic E-state index is 12.5. The Labute approximate surface area is 147 Å². The van der Waals surface area contributed by atoms with Crippen molar-refractivity contribution in [3.8, 4) is 0 Å². The molecule has 0 spiro atoms. The summed E-state index contributed by atoms with van der Waals surface area (Å²) in [6, 6.07) is 12.2. The van der Waals surface area contributed by atoms with Gasteiger partial charge < -0.3 is 5.11 Å². The van der Waals surface area contributed by atoms with Crippen LogP contribution in [0.4, 0.5) is 0 Å². The van der Waals surface area contributed by atoms with Gasteiger partial charge in [-0.25, -0.2) is 13.2 Å². The number of fused-ring (bicyclic) bond motifs is 1. The number of sulfone groups is 1. The topological polar surface area (TPSA) is 71.4 Å². The van der Waals surface area contributed by atoms with Crippen LogP contribution in [0.1, 0.15) is 46.8 Å². The van der Waals surface area contributed by atoms with Crippen molar-refractivity contribution in [2.24, 2.45) is 0 Å². The molecule has 1 N–H and O–H groups in total. The van der Waals surface area contributed by atoms with Gasteiger partial charge in [-0.3, -0.25) is 0 Å². The lowest BCUT2D eigenvalue weighted by Crippen LogP contribution is -2.06. The SMILES string of the molecule is C/C(=C\c1ccc(C(=O)O)cc1)c1ccc2c(c1)S(=O)(=O)CCCC2. The summed E-state index contributed by atoms with van der Waals surface area (Å²) in [4.78, 5) is 11.4. The van der Waals surface area contributed by atoms with Crippen LogP contribution in [0.2, 0.25) is 0 Å². The minimum Gasteiger partial charge on any atom is -0.478 e. The number of carboxylic acids is 1. The molecule has 2 aromatic rings. The van der Waals surface area contributed by atoms with E-state index in [0.717, 1.165) is 35.1 Å². The van der Waals surface area contributed by atoms with Crippen LogP contribution in [0.5, 0.6) is 0 Å². The van der Waals surface area contributed by atoms with Crippen LogP contribution in [0.15, 0.2) is 47.4 Å². The predicted molar refractivity (Wildman–Crippen MR) is 98.4 cm³/mol. The quantitative estimate of drug-likeness (QED) is 0.842. The number of aryl methyl sites for hydroxylation is 1. The van der Waals surface area contributed by atoms with Crippen molar-refractivity contribution in [3.05, 3.63) is 64.7 Å². The molecule has 5 heteroatoms. The van der Waals surface area contributed by atoms with E-state index in [1.165, 1.54) is 0 Å². The summed E-state index contributed by atoms with van der Waals surface area (Å²) in [5.74, 6) is -0.744. The molecule has 0 unspecified atom stereocenters. The van der Waals surface area contributed by atoms with Crippen molar-refractivity contribution in [1.82, 2.24) is 0 Å². The minimum absolute atomic E-state index is 0.211. The van der Waals surface area contributed by atoms with Crippen molar-refractivity contribution in [3.63, 3.8) is 0 Å². The van der Waals surface area contributed by atoms with Crippen molar-refractivity contribution < 1.29 is 18.3 Å². The Morgan fingerprint density at radius 2 is 1.72 bits per heavy atom. The summed E-state index contributed by atoms with van der Waals surface area (Å²) in [6.45, 7) is 1.93. The summed E-state index contributed by atoms with van der Waals surface area (Å²) in [7, 11) is -3.22. The van der Waals surface area contributed by atoms with E-state index in [2.05, 4.69) is 0 Å². The molecule has 0 atom stereocenters. The highest BCUT2D eigenvalue weighted by molar-refractivity contribution is 7.91. The van der Waals surface area contributed by atoms with Gasteiger partial charge in [-0.05, 0) is 66.6 Å². The van der Waals surface area contributed by atoms with E-state index < -0.39 is 15.8 Å². The molecule has 0 fully saturated rings. The molecule has 0 saturated carbocycles. The van der Waals surface area contributed by atoms with Crippen molar-refractivity contribution >= 4 is 27.5 Å². The van der Waals surface area contributed by atoms with E-state index in [1.807, 2.05) is 25.1 Å². The van der Waals surface area contributed by atoms with Crippen LogP contribution in [-0.2, 0) is 16.3 Å². The third-order valence-electron chi connectivity index (χ3n) is 4.51. The molecule has 0 aromatic heterocycles. The van der Waals surface area contributed by atoms with Crippen LogP contribution in [0.3, 0.4) is 0 Å². The van der Waals surface area contributed by atoms with Gasteiger partial charge in [0.25, 0.3) is 0 Å². The Morgan fingerprint density at radius 3 is 2.40 bits per heavy atom. The second-order valence-electron chi connectivity index (χ2n) is 6.35. The first-order valence-corrected chi connectivity index (χ1v) is 9.90. The molecular weight excluding hydrogens is 336 g/mol. The summed E-state index contributed by atoms with van der Waals surface area (Å²) >= 11 is 0. The third kappa shape index (κ3) is 3.82. The lowest BCUT2D eigenvalue weighted by Gasteiger charge is -2.10. The van der Waals surface area contributed by atoms with Crippen molar-refractivity contribution in [2.45, 2.75) is 31.1 Å². The third-order valence-corrected chi connectivity index (χ3v) is 6.38. The lowest BCUT2D eigenvalue weighted by atomic mass is 10.0. The van der Waals surface area contributed by atoms with Gasteiger partial charge in [-0.15, -0.1) is 0 Å². The number of allylic oxidation sites excluding steroid dienone is 1. The molecule has 0 saturated heterocycles. The first-order valence-electron chi connectivity index (χ1n) is 8.24. The van der Waals surface area contributed by atoms with Gasteiger partial charge in [-0.1, -0.05) is 30.3 Å². The molecule has 1 heterocycles. The fraction of sp³-hybridized carbons (Fsp3) is 0.250. The van der Waals surface area contributed by atoms with Gasteiger partial charge in [0.1, 0.15) is 0 Å². The summed E-state index contributed by atoms with van der Waals surface area (Å²) < 4.78 is 24.9. The van der Waals surface area contributed by atoms with E-state index in [9.17, 15) is 13.2 Å². The van der Waals surface area contributed by atoms with Crippen LogP contribution in [0.25, 0.3) is 11.6 Å². The highest BCUT2D eigenvalue weighted by atomic mass is 32.2. The molecule has 1 aliphatic rings. The minimum atomic E-state index is -3.22. The largest absolute Gasteiger partial charge is 0.478 e. The van der Waals surface area contributed by atoms with E-state index in [4.69, 9.17) is 5.11 Å². The smallest absolute Gasteiger partial charge is 0.335 e. The molecule has 0 bridgehead atoms. The van der Waals surface area contributed by atoms with Gasteiger partial charge >= 0.3 is 5.97 Å². The highest BCUT2D eigenvalue weighted by Crippen LogP contribution is 2.28. The van der Waals surface area contributed by atoms with E-state index >= 15 is 0 Å². The van der Waals surface area contributed by atoms with Gasteiger partial charge in [0, 0.05) is 0 Å². The van der Waals surface area contributed by atoms with Crippen LogP contribution >= 0.6 is 0 Å². The fourth-order valence-corrected chi connectivity index (χ4v) is 4.75.